The fourth-order valence-corrected chi connectivity index (χ4v) is 4.16. The molecule has 4 rings (SSSR count). The molecule has 0 radical (unpaired) electrons. The van der Waals surface area contributed by atoms with Gasteiger partial charge in [-0.1, -0.05) is 45.0 Å². The third kappa shape index (κ3) is 3.76. The molecule has 5 heteroatoms. The van der Waals surface area contributed by atoms with Gasteiger partial charge in [-0.2, -0.15) is 0 Å². The zero-order chi connectivity index (χ0) is 19.7. The predicted molar refractivity (Wildman–Crippen MR) is 113 cm³/mol. The van der Waals surface area contributed by atoms with E-state index in [4.69, 9.17) is 0 Å². The van der Waals surface area contributed by atoms with E-state index in [0.29, 0.717) is 0 Å². The van der Waals surface area contributed by atoms with E-state index < -0.39 is 0 Å². The second-order valence-corrected chi connectivity index (χ2v) is 8.85. The van der Waals surface area contributed by atoms with Gasteiger partial charge in [-0.25, -0.2) is 4.98 Å². The maximum absolute atomic E-state index is 13.3. The number of anilines is 1. The summed E-state index contributed by atoms with van der Waals surface area (Å²) in [5.74, 6) is 1.16. The van der Waals surface area contributed by atoms with Crippen LogP contribution in [0.3, 0.4) is 0 Å². The first-order valence-electron chi connectivity index (χ1n) is 10.2. The Morgan fingerprint density at radius 2 is 1.89 bits per heavy atom. The maximum atomic E-state index is 13.3. The fraction of sp³-hybridized carbons (Fsp3) is 0.478. The summed E-state index contributed by atoms with van der Waals surface area (Å²) in [5, 5.41) is 3.46. The van der Waals surface area contributed by atoms with Gasteiger partial charge in [0, 0.05) is 45.5 Å². The van der Waals surface area contributed by atoms with E-state index in [0.717, 1.165) is 45.1 Å². The van der Waals surface area contributed by atoms with E-state index in [1.807, 2.05) is 29.3 Å². The molecule has 2 aliphatic rings. The van der Waals surface area contributed by atoms with Crippen molar-refractivity contribution in [3.63, 3.8) is 0 Å². The molecule has 0 saturated carbocycles. The Morgan fingerprint density at radius 3 is 2.57 bits per heavy atom. The zero-order valence-corrected chi connectivity index (χ0v) is 17.1. The van der Waals surface area contributed by atoms with Crippen LogP contribution in [0.2, 0.25) is 0 Å². The van der Waals surface area contributed by atoms with E-state index in [1.54, 1.807) is 0 Å². The molecule has 2 aliphatic heterocycles. The van der Waals surface area contributed by atoms with Gasteiger partial charge < -0.3 is 15.1 Å². The van der Waals surface area contributed by atoms with Gasteiger partial charge in [0.1, 0.15) is 5.82 Å². The number of rotatable bonds is 2. The molecule has 1 unspecified atom stereocenters. The van der Waals surface area contributed by atoms with E-state index in [9.17, 15) is 4.79 Å². The van der Waals surface area contributed by atoms with Crippen LogP contribution < -0.4 is 10.2 Å². The average molecular weight is 379 g/mol. The van der Waals surface area contributed by atoms with Crippen LogP contribution in [0.5, 0.6) is 0 Å². The fourth-order valence-electron chi connectivity index (χ4n) is 4.16. The topological polar surface area (TPSA) is 48.5 Å². The van der Waals surface area contributed by atoms with Gasteiger partial charge in [0.2, 0.25) is 5.91 Å². The van der Waals surface area contributed by atoms with Crippen molar-refractivity contribution in [1.82, 2.24) is 15.2 Å². The van der Waals surface area contributed by atoms with Crippen molar-refractivity contribution in [1.29, 1.82) is 0 Å². The van der Waals surface area contributed by atoms with Gasteiger partial charge in [-0.05, 0) is 34.2 Å². The highest BCUT2D eigenvalue weighted by molar-refractivity contribution is 5.85. The summed E-state index contributed by atoms with van der Waals surface area (Å²) in [5.41, 5.74) is 3.91. The Hall–Kier alpha value is -2.40. The minimum absolute atomic E-state index is 0.0841. The smallest absolute Gasteiger partial charge is 0.231 e. The zero-order valence-electron chi connectivity index (χ0n) is 17.1. The Morgan fingerprint density at radius 1 is 1.11 bits per heavy atom. The first-order valence-corrected chi connectivity index (χ1v) is 10.2. The largest absolute Gasteiger partial charge is 0.353 e. The van der Waals surface area contributed by atoms with Gasteiger partial charge in [-0.3, -0.25) is 4.79 Å². The molecule has 0 aliphatic carbocycles. The molecule has 1 aromatic carbocycles. The minimum atomic E-state index is -0.0841. The maximum Gasteiger partial charge on any atom is 0.231 e. The monoisotopic (exact) mass is 378 g/mol. The number of piperazine rings is 1. The first kappa shape index (κ1) is 18.9. The summed E-state index contributed by atoms with van der Waals surface area (Å²) in [4.78, 5) is 22.0. The van der Waals surface area contributed by atoms with Crippen LogP contribution >= 0.6 is 0 Å². The lowest BCUT2D eigenvalue weighted by Crippen LogP contribution is -2.51. The quantitative estimate of drug-likeness (QED) is 0.873. The van der Waals surface area contributed by atoms with Gasteiger partial charge in [0.25, 0.3) is 0 Å². The molecule has 1 atom stereocenters. The third-order valence-corrected chi connectivity index (χ3v) is 5.91. The molecule has 148 valence electrons. The van der Waals surface area contributed by atoms with Crippen molar-refractivity contribution in [2.24, 2.45) is 0 Å². The second-order valence-electron chi connectivity index (χ2n) is 8.85. The van der Waals surface area contributed by atoms with E-state index in [2.05, 4.69) is 54.2 Å². The molecule has 3 heterocycles. The van der Waals surface area contributed by atoms with Crippen LogP contribution in [0.4, 0.5) is 5.82 Å². The summed E-state index contributed by atoms with van der Waals surface area (Å²) in [6.07, 6.45) is 1.82. The normalized spacial score (nSPS) is 20.0. The van der Waals surface area contributed by atoms with Crippen molar-refractivity contribution in [3.8, 4) is 0 Å². The van der Waals surface area contributed by atoms with Crippen LogP contribution in [-0.4, -0.2) is 48.5 Å². The van der Waals surface area contributed by atoms with E-state index in [1.165, 1.54) is 16.7 Å². The number of nitrogens with one attached hydrogen (secondary N) is 1. The van der Waals surface area contributed by atoms with Gasteiger partial charge in [0.15, 0.2) is 0 Å². The molecular weight excluding hydrogens is 348 g/mol. The molecule has 0 bridgehead atoms. The standard InChI is InChI=1S/C23H30N4O/c1-23(2,3)18-7-8-19-17(14-18)15-24-16-20(19)22(28)27-12-10-26(11-13-27)21-6-4-5-9-25-21/h4-9,14,20,24H,10-13,15-16H2,1-3H3. The Bertz CT molecular complexity index is 835. The van der Waals surface area contributed by atoms with Gasteiger partial charge in [-0.15, -0.1) is 0 Å². The van der Waals surface area contributed by atoms with E-state index >= 15 is 0 Å². The molecule has 2 aromatic rings. The molecular formula is C23H30N4O. The molecule has 1 amide bonds. The SMILES string of the molecule is CC(C)(C)c1ccc2c(c1)CNCC2C(=O)N1CCN(c2ccccn2)CC1. The summed E-state index contributed by atoms with van der Waals surface area (Å²) < 4.78 is 0. The lowest BCUT2D eigenvalue weighted by Gasteiger charge is -2.38. The lowest BCUT2D eigenvalue weighted by atomic mass is 9.82. The molecule has 1 N–H and O–H groups in total. The minimum Gasteiger partial charge on any atom is -0.353 e. The van der Waals surface area contributed by atoms with Crippen LogP contribution in [0.1, 0.15) is 43.4 Å². The number of carbonyl (C=O) groups excluding carboxylic acids is 1. The molecule has 28 heavy (non-hydrogen) atoms. The number of fused-ring (bicyclic) bond motifs is 1. The predicted octanol–water partition coefficient (Wildman–Crippen LogP) is 2.91. The Balaban J connectivity index is 1.47. The van der Waals surface area contributed by atoms with Crippen molar-refractivity contribution in [2.75, 3.05) is 37.6 Å². The lowest BCUT2D eigenvalue weighted by molar-refractivity contribution is -0.133. The van der Waals surface area contributed by atoms with E-state index in [-0.39, 0.29) is 17.2 Å². The molecule has 1 fully saturated rings. The number of aromatic nitrogens is 1. The number of pyridine rings is 1. The summed E-state index contributed by atoms with van der Waals surface area (Å²) in [6.45, 7) is 11.4. The number of benzene rings is 1. The summed E-state index contributed by atoms with van der Waals surface area (Å²) >= 11 is 0. The van der Waals surface area contributed by atoms with Gasteiger partial charge in [0.05, 0.1) is 5.92 Å². The average Bonchev–Trinajstić information content (AvgIpc) is 2.72. The number of hydrogen-bond donors (Lipinski definition) is 1. The number of nitrogens with zero attached hydrogens (tertiary/aromatic N) is 3. The van der Waals surface area contributed by atoms with Crippen molar-refractivity contribution in [3.05, 3.63) is 59.3 Å². The van der Waals surface area contributed by atoms with Crippen LogP contribution in [-0.2, 0) is 16.8 Å². The Labute approximate surface area is 167 Å². The molecule has 1 aromatic heterocycles. The van der Waals surface area contributed by atoms with Crippen molar-refractivity contribution in [2.45, 2.75) is 38.6 Å². The molecule has 1 saturated heterocycles. The van der Waals surface area contributed by atoms with Crippen LogP contribution in [0.25, 0.3) is 0 Å². The highest BCUT2D eigenvalue weighted by Gasteiger charge is 2.32. The first-order chi connectivity index (χ1) is 13.4. The molecule has 0 spiro atoms. The highest BCUT2D eigenvalue weighted by Crippen LogP contribution is 2.31. The van der Waals surface area contributed by atoms with Crippen LogP contribution in [0, 0.1) is 0 Å². The van der Waals surface area contributed by atoms with Gasteiger partial charge >= 0.3 is 0 Å². The summed E-state index contributed by atoms with van der Waals surface area (Å²) in [7, 11) is 0. The van der Waals surface area contributed by atoms with Crippen LogP contribution in [0.15, 0.2) is 42.6 Å². The van der Waals surface area contributed by atoms with Crippen molar-refractivity contribution >= 4 is 11.7 Å². The number of carbonyl (C=O) groups is 1. The third-order valence-electron chi connectivity index (χ3n) is 5.91. The second kappa shape index (κ2) is 7.55. The Kier molecular flexibility index (Phi) is 5.11. The summed E-state index contributed by atoms with van der Waals surface area (Å²) in [6, 6.07) is 12.6. The molecule has 5 nitrogen and oxygen atoms in total. The highest BCUT2D eigenvalue weighted by atomic mass is 16.2. The van der Waals surface area contributed by atoms with Crippen molar-refractivity contribution < 1.29 is 4.79 Å². The number of amides is 1. The number of hydrogen-bond acceptors (Lipinski definition) is 4.